The molecule has 0 radical (unpaired) electrons. The van der Waals surface area contributed by atoms with Crippen molar-refractivity contribution in [2.75, 3.05) is 0 Å². The molecule has 54 valence electrons. The average Bonchev–Trinajstić information content (AvgIpc) is 2.05. The minimum atomic E-state index is -1.01. The largest absolute Gasteiger partial charge is 0.436 e. The first-order valence-electron chi connectivity index (χ1n) is 2.72. The SMILES string of the molecule is CC1(C)OC(=O)C(=C=O)O1. The van der Waals surface area contributed by atoms with Crippen LogP contribution in [0.4, 0.5) is 0 Å². The fourth-order valence-electron chi connectivity index (χ4n) is 0.640. The highest BCUT2D eigenvalue weighted by molar-refractivity contribution is 5.96. The third kappa shape index (κ3) is 1.01. The van der Waals surface area contributed by atoms with Crippen LogP contribution in [0.25, 0.3) is 0 Å². The van der Waals surface area contributed by atoms with E-state index in [1.54, 1.807) is 0 Å². The van der Waals surface area contributed by atoms with Gasteiger partial charge in [0.2, 0.25) is 0 Å². The number of carbonyl (C=O) groups excluding carboxylic acids is 2. The zero-order valence-electron chi connectivity index (χ0n) is 5.63. The molecular weight excluding hydrogens is 136 g/mol. The highest BCUT2D eigenvalue weighted by Gasteiger charge is 2.38. The maximum atomic E-state index is 10.6. The van der Waals surface area contributed by atoms with Gasteiger partial charge in [-0.1, -0.05) is 0 Å². The van der Waals surface area contributed by atoms with Crippen LogP contribution in [0.3, 0.4) is 0 Å². The van der Waals surface area contributed by atoms with Gasteiger partial charge in [-0.15, -0.1) is 0 Å². The summed E-state index contributed by atoms with van der Waals surface area (Å²) >= 11 is 0. The molecule has 0 saturated carbocycles. The van der Waals surface area contributed by atoms with Crippen LogP contribution in [0.1, 0.15) is 13.8 Å². The van der Waals surface area contributed by atoms with Crippen molar-refractivity contribution in [3.8, 4) is 0 Å². The van der Waals surface area contributed by atoms with Gasteiger partial charge in [-0.3, -0.25) is 0 Å². The van der Waals surface area contributed by atoms with E-state index in [1.165, 1.54) is 19.8 Å². The Labute approximate surface area is 57.4 Å². The van der Waals surface area contributed by atoms with E-state index in [0.717, 1.165) is 0 Å². The molecule has 4 nitrogen and oxygen atoms in total. The van der Waals surface area contributed by atoms with Crippen molar-refractivity contribution in [1.82, 2.24) is 0 Å². The quantitative estimate of drug-likeness (QED) is 0.271. The van der Waals surface area contributed by atoms with E-state index in [0.29, 0.717) is 0 Å². The number of hydrogen-bond acceptors (Lipinski definition) is 4. The number of rotatable bonds is 0. The molecule has 0 amide bonds. The minimum Gasteiger partial charge on any atom is -0.436 e. The monoisotopic (exact) mass is 142 g/mol. The van der Waals surface area contributed by atoms with Gasteiger partial charge < -0.3 is 9.47 Å². The van der Waals surface area contributed by atoms with E-state index >= 15 is 0 Å². The summed E-state index contributed by atoms with van der Waals surface area (Å²) in [6.45, 7) is 3.07. The number of ether oxygens (including phenoxy) is 2. The first-order chi connectivity index (χ1) is 4.55. The van der Waals surface area contributed by atoms with Crippen LogP contribution in [0.15, 0.2) is 5.76 Å². The van der Waals surface area contributed by atoms with Crippen LogP contribution in [0.2, 0.25) is 0 Å². The van der Waals surface area contributed by atoms with Crippen molar-refractivity contribution >= 4 is 11.9 Å². The van der Waals surface area contributed by atoms with Crippen molar-refractivity contribution < 1.29 is 19.1 Å². The summed E-state index contributed by atoms with van der Waals surface area (Å²) in [5.41, 5.74) is 0. The number of carbonyl (C=O) groups is 1. The normalized spacial score (nSPS) is 21.4. The van der Waals surface area contributed by atoms with Gasteiger partial charge >= 0.3 is 5.97 Å². The summed E-state index contributed by atoms with van der Waals surface area (Å²) in [7, 11) is 0. The summed E-state index contributed by atoms with van der Waals surface area (Å²) in [6, 6.07) is 0. The van der Waals surface area contributed by atoms with Crippen molar-refractivity contribution in [2.45, 2.75) is 19.6 Å². The standard InChI is InChI=1S/C6H6O4/c1-6(2)9-4(3-7)5(8)10-6/h1-2H3. The van der Waals surface area contributed by atoms with Gasteiger partial charge in [0.25, 0.3) is 11.5 Å². The highest BCUT2D eigenvalue weighted by Crippen LogP contribution is 2.23. The molecule has 1 aliphatic heterocycles. The Hall–Kier alpha value is -1.28. The fourth-order valence-corrected chi connectivity index (χ4v) is 0.640. The lowest BCUT2D eigenvalue weighted by Crippen LogP contribution is -2.19. The van der Waals surface area contributed by atoms with Crippen LogP contribution in [-0.2, 0) is 19.1 Å². The molecule has 0 aromatic carbocycles. The van der Waals surface area contributed by atoms with Gasteiger partial charge in [-0.05, 0) is 0 Å². The molecule has 1 heterocycles. The Bertz CT molecular complexity index is 222. The molecule has 0 unspecified atom stereocenters. The first-order valence-corrected chi connectivity index (χ1v) is 2.72. The lowest BCUT2D eigenvalue weighted by molar-refractivity contribution is -0.159. The predicted molar refractivity (Wildman–Crippen MR) is 30.5 cm³/mol. The summed E-state index contributed by atoms with van der Waals surface area (Å²) in [4.78, 5) is 20.5. The number of hydrogen-bond donors (Lipinski definition) is 0. The Kier molecular flexibility index (Phi) is 1.27. The van der Waals surface area contributed by atoms with Gasteiger partial charge in [0.1, 0.15) is 0 Å². The molecule has 1 aliphatic rings. The number of cyclic esters (lactones) is 1. The zero-order valence-corrected chi connectivity index (χ0v) is 5.63. The van der Waals surface area contributed by atoms with Gasteiger partial charge in [-0.25, -0.2) is 9.59 Å². The maximum Gasteiger partial charge on any atom is 0.389 e. The molecule has 0 aliphatic carbocycles. The molecule has 0 atom stereocenters. The van der Waals surface area contributed by atoms with E-state index < -0.39 is 11.8 Å². The second-order valence-electron chi connectivity index (χ2n) is 2.32. The molecule has 4 heteroatoms. The summed E-state index contributed by atoms with van der Waals surface area (Å²) < 4.78 is 9.32. The summed E-state index contributed by atoms with van der Waals surface area (Å²) in [5.74, 6) is -0.805. The molecule has 1 saturated heterocycles. The average molecular weight is 142 g/mol. The zero-order chi connectivity index (χ0) is 7.78. The Morgan fingerprint density at radius 2 is 2.00 bits per heavy atom. The third-order valence-corrected chi connectivity index (χ3v) is 0.964. The number of esters is 1. The van der Waals surface area contributed by atoms with Crippen LogP contribution in [-0.4, -0.2) is 17.7 Å². The Morgan fingerprint density at radius 1 is 1.40 bits per heavy atom. The molecule has 0 aromatic rings. The molecule has 1 rings (SSSR count). The second-order valence-corrected chi connectivity index (χ2v) is 2.32. The molecule has 1 fully saturated rings. The van der Waals surface area contributed by atoms with Gasteiger partial charge in [0.15, 0.2) is 5.94 Å². The molecule has 0 bridgehead atoms. The first kappa shape index (κ1) is 6.83. The van der Waals surface area contributed by atoms with Crippen LogP contribution >= 0.6 is 0 Å². The van der Waals surface area contributed by atoms with E-state index in [1.807, 2.05) is 0 Å². The van der Waals surface area contributed by atoms with Crippen molar-refractivity contribution in [1.29, 1.82) is 0 Å². The topological polar surface area (TPSA) is 52.6 Å². The third-order valence-electron chi connectivity index (χ3n) is 0.964. The minimum absolute atomic E-state index is 0.384. The Morgan fingerprint density at radius 3 is 2.20 bits per heavy atom. The van der Waals surface area contributed by atoms with E-state index in [-0.39, 0.29) is 5.76 Å². The lowest BCUT2D eigenvalue weighted by atomic mass is 10.4. The lowest BCUT2D eigenvalue weighted by Gasteiger charge is -2.12. The van der Waals surface area contributed by atoms with E-state index in [2.05, 4.69) is 4.74 Å². The second kappa shape index (κ2) is 1.85. The molecular formula is C6H6O4. The van der Waals surface area contributed by atoms with Crippen molar-refractivity contribution in [3.05, 3.63) is 5.76 Å². The van der Waals surface area contributed by atoms with Gasteiger partial charge in [0, 0.05) is 13.8 Å². The fraction of sp³-hybridized carbons (Fsp3) is 0.500. The summed E-state index contributed by atoms with van der Waals surface area (Å²) in [5, 5.41) is 0. The Balaban J connectivity index is 2.91. The molecule has 10 heavy (non-hydrogen) atoms. The van der Waals surface area contributed by atoms with E-state index in [9.17, 15) is 9.59 Å². The van der Waals surface area contributed by atoms with Crippen LogP contribution < -0.4 is 0 Å². The van der Waals surface area contributed by atoms with Crippen molar-refractivity contribution in [2.24, 2.45) is 0 Å². The highest BCUT2D eigenvalue weighted by atomic mass is 16.8. The maximum absolute atomic E-state index is 10.6. The van der Waals surface area contributed by atoms with E-state index in [4.69, 9.17) is 4.74 Å². The van der Waals surface area contributed by atoms with Crippen molar-refractivity contribution in [3.63, 3.8) is 0 Å². The predicted octanol–water partition coefficient (Wildman–Crippen LogP) is 0.0114. The molecule has 0 spiro atoms. The van der Waals surface area contributed by atoms with Crippen LogP contribution in [0.5, 0.6) is 0 Å². The smallest absolute Gasteiger partial charge is 0.389 e. The van der Waals surface area contributed by atoms with Gasteiger partial charge in [-0.2, -0.15) is 0 Å². The van der Waals surface area contributed by atoms with Crippen LogP contribution in [0, 0.1) is 0 Å². The molecule has 0 aromatic heterocycles. The van der Waals surface area contributed by atoms with Gasteiger partial charge in [0.05, 0.1) is 0 Å². The molecule has 0 N–H and O–H groups in total. The summed E-state index contributed by atoms with van der Waals surface area (Å²) in [6.07, 6.45) is 0.